The van der Waals surface area contributed by atoms with Crippen LogP contribution in [0.3, 0.4) is 0 Å². The van der Waals surface area contributed by atoms with Crippen LogP contribution in [-0.4, -0.2) is 36.5 Å². The van der Waals surface area contributed by atoms with Gasteiger partial charge in [-0.3, -0.25) is 18.9 Å². The van der Waals surface area contributed by atoms with Crippen molar-refractivity contribution in [2.45, 2.75) is 32.0 Å². The number of hydrogen-bond donors (Lipinski definition) is 2. The Kier molecular flexibility index (Phi) is 6.35. The van der Waals surface area contributed by atoms with Gasteiger partial charge in [-0.2, -0.15) is 5.10 Å². The molecule has 2 aromatic carbocycles. The quantitative estimate of drug-likeness (QED) is 0.350. The van der Waals surface area contributed by atoms with Gasteiger partial charge in [0.2, 0.25) is 0 Å². The fourth-order valence-electron chi connectivity index (χ4n) is 5.05. The molecule has 192 valence electrons. The van der Waals surface area contributed by atoms with Crippen LogP contribution in [0.25, 0.3) is 22.3 Å². The lowest BCUT2D eigenvalue weighted by Gasteiger charge is -2.14. The Morgan fingerprint density at radius 3 is 2.50 bits per heavy atom. The molecule has 0 amide bonds. The number of anilines is 2. The molecule has 0 aliphatic carbocycles. The second kappa shape index (κ2) is 10.1. The summed E-state index contributed by atoms with van der Waals surface area (Å²) in [5.74, 6) is 0.564. The molecular weight excluding hydrogens is 478 g/mol. The van der Waals surface area contributed by atoms with E-state index in [1.165, 1.54) is 11.6 Å². The monoisotopic (exact) mass is 507 g/mol. The van der Waals surface area contributed by atoms with Gasteiger partial charge in [0.25, 0.3) is 5.56 Å². The van der Waals surface area contributed by atoms with Gasteiger partial charge in [0.1, 0.15) is 11.2 Å². The number of nitrogens with one attached hydrogen (secondary N) is 2. The van der Waals surface area contributed by atoms with E-state index in [2.05, 4.69) is 15.6 Å². The summed E-state index contributed by atoms with van der Waals surface area (Å²) in [7, 11) is 1.53. The predicted molar refractivity (Wildman–Crippen MR) is 149 cm³/mol. The third kappa shape index (κ3) is 4.52. The fraction of sp³-hybridized carbons (Fsp3) is 0.241. The Balaban J connectivity index is 1.46. The first-order valence-electron chi connectivity index (χ1n) is 12.8. The molecule has 1 unspecified atom stereocenters. The summed E-state index contributed by atoms with van der Waals surface area (Å²) < 4.78 is 4.60. The Morgan fingerprint density at radius 2 is 1.79 bits per heavy atom. The summed E-state index contributed by atoms with van der Waals surface area (Å²) in [5.41, 5.74) is 3.45. The van der Waals surface area contributed by atoms with E-state index in [9.17, 15) is 9.59 Å². The third-order valence-corrected chi connectivity index (χ3v) is 7.07. The molecule has 1 aliphatic rings. The molecule has 1 fully saturated rings. The lowest BCUT2D eigenvalue weighted by molar-refractivity contribution is 0.489. The van der Waals surface area contributed by atoms with Crippen LogP contribution >= 0.6 is 0 Å². The third-order valence-electron chi connectivity index (χ3n) is 7.07. The number of nitrogens with zero attached hydrogens (tertiary/aromatic N) is 5. The zero-order valence-electron chi connectivity index (χ0n) is 21.2. The van der Waals surface area contributed by atoms with Gasteiger partial charge in [0.05, 0.1) is 12.2 Å². The van der Waals surface area contributed by atoms with Gasteiger partial charge in [0, 0.05) is 37.1 Å². The molecule has 6 rings (SSSR count). The highest BCUT2D eigenvalue weighted by molar-refractivity contribution is 5.89. The topological polar surface area (TPSA) is 98.8 Å². The van der Waals surface area contributed by atoms with E-state index in [-0.39, 0.29) is 17.3 Å². The number of pyridine rings is 1. The maximum absolute atomic E-state index is 13.5. The van der Waals surface area contributed by atoms with E-state index < -0.39 is 0 Å². The number of rotatable bonds is 7. The van der Waals surface area contributed by atoms with Gasteiger partial charge in [-0.25, -0.2) is 9.48 Å². The zero-order valence-corrected chi connectivity index (χ0v) is 21.2. The zero-order chi connectivity index (χ0) is 26.1. The van der Waals surface area contributed by atoms with Gasteiger partial charge >= 0.3 is 5.69 Å². The highest BCUT2D eigenvalue weighted by Crippen LogP contribution is 2.26. The second-order valence-corrected chi connectivity index (χ2v) is 9.66. The largest absolute Gasteiger partial charge is 0.340 e. The molecule has 1 atom stereocenters. The minimum Gasteiger partial charge on any atom is -0.340 e. The standard InChI is InChI=1S/C29H29N7O2/c1-34-28(37)25-26(32-22-8-3-2-4-9-22)36(33-27(25)35(29(34)38)19-23-10-7-17-30-23)18-20-12-14-21(15-13-20)24-11-5-6-16-31-24/h2-6,8-9,11-16,23,30,32H,7,10,17-19H2,1H3. The van der Waals surface area contributed by atoms with E-state index in [4.69, 9.17) is 5.10 Å². The lowest BCUT2D eigenvalue weighted by Crippen LogP contribution is -2.41. The van der Waals surface area contributed by atoms with Crippen LogP contribution in [0.5, 0.6) is 0 Å². The normalized spacial score (nSPS) is 15.2. The van der Waals surface area contributed by atoms with E-state index in [0.29, 0.717) is 29.9 Å². The van der Waals surface area contributed by atoms with Crippen LogP contribution in [0.15, 0.2) is 88.6 Å². The molecule has 9 nitrogen and oxygen atoms in total. The van der Waals surface area contributed by atoms with Crippen molar-refractivity contribution in [1.29, 1.82) is 0 Å². The summed E-state index contributed by atoms with van der Waals surface area (Å²) in [6.45, 7) is 1.81. The average molecular weight is 508 g/mol. The van der Waals surface area contributed by atoms with Crippen molar-refractivity contribution in [2.24, 2.45) is 7.05 Å². The Bertz CT molecular complexity index is 1680. The van der Waals surface area contributed by atoms with Crippen molar-refractivity contribution in [3.63, 3.8) is 0 Å². The number of fused-ring (bicyclic) bond motifs is 1. The number of hydrogen-bond acceptors (Lipinski definition) is 6. The summed E-state index contributed by atoms with van der Waals surface area (Å²) in [6, 6.07) is 23.8. The number of para-hydroxylation sites is 1. The lowest BCUT2D eigenvalue weighted by atomic mass is 10.1. The SMILES string of the molecule is Cn1c(=O)c2c(Nc3ccccc3)n(Cc3ccc(-c4ccccn4)cc3)nc2n(CC2CCCN2)c1=O. The molecule has 38 heavy (non-hydrogen) atoms. The Labute approximate surface area is 219 Å². The van der Waals surface area contributed by atoms with Crippen LogP contribution in [-0.2, 0) is 20.1 Å². The Hall–Kier alpha value is -4.50. The van der Waals surface area contributed by atoms with E-state index in [1.54, 1.807) is 15.4 Å². The number of benzene rings is 2. The molecule has 0 bridgehead atoms. The number of aromatic nitrogens is 5. The molecule has 3 aromatic heterocycles. The van der Waals surface area contributed by atoms with Crippen molar-refractivity contribution >= 4 is 22.5 Å². The summed E-state index contributed by atoms with van der Waals surface area (Å²) >= 11 is 0. The summed E-state index contributed by atoms with van der Waals surface area (Å²) in [4.78, 5) is 31.1. The first-order chi connectivity index (χ1) is 18.6. The van der Waals surface area contributed by atoms with Crippen LogP contribution in [0, 0.1) is 0 Å². The van der Waals surface area contributed by atoms with Crippen LogP contribution < -0.4 is 21.9 Å². The first-order valence-corrected chi connectivity index (χ1v) is 12.8. The van der Waals surface area contributed by atoms with Crippen molar-refractivity contribution in [3.8, 4) is 11.3 Å². The van der Waals surface area contributed by atoms with Crippen molar-refractivity contribution in [3.05, 3.63) is 105 Å². The Morgan fingerprint density at radius 1 is 1.00 bits per heavy atom. The molecule has 0 radical (unpaired) electrons. The molecule has 4 heterocycles. The highest BCUT2D eigenvalue weighted by Gasteiger charge is 2.24. The molecular formula is C29H29N7O2. The smallest absolute Gasteiger partial charge is 0.332 e. The van der Waals surface area contributed by atoms with Gasteiger partial charge in [0.15, 0.2) is 5.65 Å². The second-order valence-electron chi connectivity index (χ2n) is 9.66. The van der Waals surface area contributed by atoms with Gasteiger partial charge in [-0.05, 0) is 49.2 Å². The van der Waals surface area contributed by atoms with Gasteiger partial charge in [-0.1, -0.05) is 48.5 Å². The van der Waals surface area contributed by atoms with Crippen LogP contribution in [0.4, 0.5) is 11.5 Å². The minimum absolute atomic E-state index is 0.170. The highest BCUT2D eigenvalue weighted by atomic mass is 16.2. The van der Waals surface area contributed by atoms with Crippen LogP contribution in [0.1, 0.15) is 18.4 Å². The molecule has 9 heteroatoms. The van der Waals surface area contributed by atoms with E-state index in [0.717, 1.165) is 41.9 Å². The van der Waals surface area contributed by atoms with Crippen LogP contribution in [0.2, 0.25) is 0 Å². The predicted octanol–water partition coefficient (Wildman–Crippen LogP) is 3.50. The fourth-order valence-corrected chi connectivity index (χ4v) is 5.05. The molecule has 5 aromatic rings. The molecule has 1 aliphatic heterocycles. The van der Waals surface area contributed by atoms with Crippen molar-refractivity contribution < 1.29 is 0 Å². The van der Waals surface area contributed by atoms with E-state index >= 15 is 0 Å². The maximum Gasteiger partial charge on any atom is 0.332 e. The van der Waals surface area contributed by atoms with Gasteiger partial charge < -0.3 is 10.6 Å². The summed E-state index contributed by atoms with van der Waals surface area (Å²) in [5, 5.41) is 12.1. The molecule has 2 N–H and O–H groups in total. The average Bonchev–Trinajstić information content (AvgIpc) is 3.60. The molecule has 0 spiro atoms. The van der Waals surface area contributed by atoms with E-state index in [1.807, 2.05) is 72.8 Å². The maximum atomic E-state index is 13.5. The first kappa shape index (κ1) is 23.9. The van der Waals surface area contributed by atoms with Crippen molar-refractivity contribution in [1.82, 2.24) is 29.2 Å². The van der Waals surface area contributed by atoms with Crippen molar-refractivity contribution in [2.75, 3.05) is 11.9 Å². The minimum atomic E-state index is -0.365. The molecule has 1 saturated heterocycles. The molecule has 0 saturated carbocycles. The van der Waals surface area contributed by atoms with Gasteiger partial charge in [-0.15, -0.1) is 0 Å². The summed E-state index contributed by atoms with van der Waals surface area (Å²) in [6.07, 6.45) is 3.83.